The number of rotatable bonds is 5. The number of carbonyl (C=O) groups is 1. The zero-order chi connectivity index (χ0) is 16.2. The van der Waals surface area contributed by atoms with Crippen molar-refractivity contribution in [2.24, 2.45) is 7.05 Å². The van der Waals surface area contributed by atoms with Gasteiger partial charge in [-0.1, -0.05) is 11.8 Å². The summed E-state index contributed by atoms with van der Waals surface area (Å²) in [5, 5.41) is 11.3. The minimum atomic E-state index is -0.321. The fourth-order valence-corrected chi connectivity index (χ4v) is 3.39. The van der Waals surface area contributed by atoms with Crippen molar-refractivity contribution in [1.29, 1.82) is 0 Å². The van der Waals surface area contributed by atoms with Crippen LogP contribution in [0.1, 0.15) is 34.5 Å². The van der Waals surface area contributed by atoms with Crippen molar-refractivity contribution >= 4 is 17.7 Å². The van der Waals surface area contributed by atoms with E-state index in [1.54, 1.807) is 12.4 Å². The Morgan fingerprint density at radius 3 is 3.04 bits per heavy atom. The van der Waals surface area contributed by atoms with Crippen molar-refractivity contribution in [3.8, 4) is 0 Å². The summed E-state index contributed by atoms with van der Waals surface area (Å²) in [7, 11) is 1.87. The van der Waals surface area contributed by atoms with E-state index in [-0.39, 0.29) is 17.0 Å². The molecule has 0 aromatic carbocycles. The average Bonchev–Trinajstić information content (AvgIpc) is 2.96. The number of nitrogens with zero attached hydrogens (tertiary/aromatic N) is 3. The molecule has 23 heavy (non-hydrogen) atoms. The van der Waals surface area contributed by atoms with Gasteiger partial charge in [-0.2, -0.15) is 0 Å². The van der Waals surface area contributed by atoms with Gasteiger partial charge in [0.05, 0.1) is 0 Å². The second kappa shape index (κ2) is 6.99. The van der Waals surface area contributed by atoms with Crippen molar-refractivity contribution in [2.75, 3.05) is 12.3 Å². The van der Waals surface area contributed by atoms with Crippen LogP contribution in [0.2, 0.25) is 0 Å². The van der Waals surface area contributed by atoms with Crippen molar-refractivity contribution in [3.05, 3.63) is 39.6 Å². The molecular weight excluding hydrogens is 314 g/mol. The first kappa shape index (κ1) is 15.8. The van der Waals surface area contributed by atoms with Gasteiger partial charge in [0.25, 0.3) is 11.5 Å². The van der Waals surface area contributed by atoms with E-state index in [9.17, 15) is 9.59 Å². The highest BCUT2D eigenvalue weighted by Crippen LogP contribution is 2.18. The maximum Gasteiger partial charge on any atom is 0.261 e. The molecular formula is C15H19N5O2S. The molecule has 1 aliphatic carbocycles. The van der Waals surface area contributed by atoms with E-state index < -0.39 is 0 Å². The Morgan fingerprint density at radius 1 is 1.43 bits per heavy atom. The predicted molar refractivity (Wildman–Crippen MR) is 87.8 cm³/mol. The number of thioether (sulfide) groups is 1. The Hall–Kier alpha value is -2.09. The van der Waals surface area contributed by atoms with Crippen LogP contribution >= 0.6 is 11.8 Å². The molecule has 8 heteroatoms. The van der Waals surface area contributed by atoms with Crippen LogP contribution in [0.3, 0.4) is 0 Å². The molecule has 0 fully saturated rings. The van der Waals surface area contributed by atoms with E-state index >= 15 is 0 Å². The number of nitrogens with one attached hydrogen (secondary N) is 2. The van der Waals surface area contributed by atoms with E-state index in [0.29, 0.717) is 12.3 Å². The summed E-state index contributed by atoms with van der Waals surface area (Å²) < 4.78 is 1.82. The summed E-state index contributed by atoms with van der Waals surface area (Å²) >= 11 is 1.51. The van der Waals surface area contributed by atoms with Gasteiger partial charge in [0, 0.05) is 25.0 Å². The number of aromatic nitrogens is 4. The minimum absolute atomic E-state index is 0.203. The first-order chi connectivity index (χ1) is 11.1. The summed E-state index contributed by atoms with van der Waals surface area (Å²) in [6, 6.07) is 1.75. The summed E-state index contributed by atoms with van der Waals surface area (Å²) in [6.07, 6.45) is 5.64. The van der Waals surface area contributed by atoms with Gasteiger partial charge < -0.3 is 14.9 Å². The van der Waals surface area contributed by atoms with Crippen LogP contribution < -0.4 is 10.9 Å². The molecule has 0 radical (unpaired) electrons. The molecule has 0 bridgehead atoms. The van der Waals surface area contributed by atoms with E-state index in [1.165, 1.54) is 11.8 Å². The Kier molecular flexibility index (Phi) is 4.80. The van der Waals surface area contributed by atoms with Crippen LogP contribution in [0.5, 0.6) is 0 Å². The highest BCUT2D eigenvalue weighted by molar-refractivity contribution is 7.99. The lowest BCUT2D eigenvalue weighted by atomic mass is 9.95. The van der Waals surface area contributed by atoms with Gasteiger partial charge in [-0.05, 0) is 37.3 Å². The molecule has 0 atom stereocenters. The standard InChI is InChI=1S/C15H19N5O2S/c1-20-9-17-19-15(20)23-7-6-16-13(21)11-8-10-4-2-3-5-12(10)18-14(11)22/h8-9H,2-7H2,1H3,(H,16,21)(H,18,22). The molecule has 0 spiro atoms. The summed E-state index contributed by atoms with van der Waals surface area (Å²) in [4.78, 5) is 27.1. The van der Waals surface area contributed by atoms with Gasteiger partial charge >= 0.3 is 0 Å². The number of aryl methyl sites for hydroxylation is 3. The molecule has 2 aromatic rings. The Labute approximate surface area is 137 Å². The van der Waals surface area contributed by atoms with Crippen LogP contribution in [-0.4, -0.2) is 38.0 Å². The van der Waals surface area contributed by atoms with Crippen molar-refractivity contribution in [1.82, 2.24) is 25.1 Å². The first-order valence-electron chi connectivity index (χ1n) is 7.65. The Morgan fingerprint density at radius 2 is 2.26 bits per heavy atom. The normalized spacial score (nSPS) is 13.6. The number of pyridine rings is 1. The number of carbonyl (C=O) groups excluding carboxylic acids is 1. The van der Waals surface area contributed by atoms with Gasteiger partial charge in [-0.15, -0.1) is 10.2 Å². The van der Waals surface area contributed by atoms with Crippen LogP contribution in [0.25, 0.3) is 0 Å². The fourth-order valence-electron chi connectivity index (χ4n) is 2.65. The SMILES string of the molecule is Cn1cnnc1SCCNC(=O)c1cc2c([nH]c1=O)CCCC2. The second-order valence-electron chi connectivity index (χ2n) is 5.55. The number of fused-ring (bicyclic) bond motifs is 1. The minimum Gasteiger partial charge on any atom is -0.351 e. The van der Waals surface area contributed by atoms with Crippen molar-refractivity contribution < 1.29 is 4.79 Å². The molecule has 1 aliphatic rings. The zero-order valence-electron chi connectivity index (χ0n) is 13.0. The van der Waals surface area contributed by atoms with Gasteiger partial charge in [-0.25, -0.2) is 0 Å². The van der Waals surface area contributed by atoms with Crippen LogP contribution in [0, 0.1) is 0 Å². The number of hydrogen-bond acceptors (Lipinski definition) is 5. The third-order valence-electron chi connectivity index (χ3n) is 3.87. The number of aromatic amines is 1. The quantitative estimate of drug-likeness (QED) is 0.626. The third-order valence-corrected chi connectivity index (χ3v) is 4.91. The van der Waals surface area contributed by atoms with Crippen LogP contribution in [0.4, 0.5) is 0 Å². The lowest BCUT2D eigenvalue weighted by molar-refractivity contribution is 0.0954. The van der Waals surface area contributed by atoms with E-state index in [2.05, 4.69) is 20.5 Å². The molecule has 2 aromatic heterocycles. The Bertz CT molecular complexity index is 767. The summed E-state index contributed by atoms with van der Waals surface area (Å²) in [5.74, 6) is 0.347. The van der Waals surface area contributed by atoms with Gasteiger partial charge in [-0.3, -0.25) is 9.59 Å². The summed E-state index contributed by atoms with van der Waals surface area (Å²) in [6.45, 7) is 0.465. The second-order valence-corrected chi connectivity index (χ2v) is 6.61. The number of amides is 1. The zero-order valence-corrected chi connectivity index (χ0v) is 13.8. The molecule has 0 saturated carbocycles. The molecule has 7 nitrogen and oxygen atoms in total. The van der Waals surface area contributed by atoms with E-state index in [4.69, 9.17) is 0 Å². The molecule has 1 amide bonds. The summed E-state index contributed by atoms with van der Waals surface area (Å²) in [5.41, 5.74) is 1.98. The predicted octanol–water partition coefficient (Wildman–Crippen LogP) is 0.904. The van der Waals surface area contributed by atoms with E-state index in [0.717, 1.165) is 42.1 Å². The maximum atomic E-state index is 12.2. The van der Waals surface area contributed by atoms with Crippen LogP contribution in [-0.2, 0) is 19.9 Å². The topological polar surface area (TPSA) is 92.7 Å². The monoisotopic (exact) mass is 333 g/mol. The first-order valence-corrected chi connectivity index (χ1v) is 8.64. The van der Waals surface area contributed by atoms with Gasteiger partial charge in [0.1, 0.15) is 11.9 Å². The molecule has 2 N–H and O–H groups in total. The smallest absolute Gasteiger partial charge is 0.261 e. The largest absolute Gasteiger partial charge is 0.351 e. The highest BCUT2D eigenvalue weighted by Gasteiger charge is 2.16. The third kappa shape index (κ3) is 3.64. The average molecular weight is 333 g/mol. The Balaban J connectivity index is 1.58. The lowest BCUT2D eigenvalue weighted by Crippen LogP contribution is -2.32. The highest BCUT2D eigenvalue weighted by atomic mass is 32.2. The molecule has 0 saturated heterocycles. The van der Waals surface area contributed by atoms with Gasteiger partial charge in [0.2, 0.25) is 0 Å². The van der Waals surface area contributed by atoms with E-state index in [1.807, 2.05) is 11.6 Å². The van der Waals surface area contributed by atoms with Crippen LogP contribution in [0.15, 0.2) is 22.3 Å². The van der Waals surface area contributed by atoms with Crippen molar-refractivity contribution in [2.45, 2.75) is 30.8 Å². The molecule has 0 aliphatic heterocycles. The van der Waals surface area contributed by atoms with Gasteiger partial charge in [0.15, 0.2) is 5.16 Å². The molecule has 2 heterocycles. The molecule has 3 rings (SSSR count). The maximum absolute atomic E-state index is 12.2. The number of H-pyrrole nitrogens is 1. The van der Waals surface area contributed by atoms with Crippen molar-refractivity contribution in [3.63, 3.8) is 0 Å². The number of hydrogen-bond donors (Lipinski definition) is 2. The lowest BCUT2D eigenvalue weighted by Gasteiger charge is -2.15. The fraction of sp³-hybridized carbons (Fsp3) is 0.467. The molecule has 0 unspecified atom stereocenters. The molecule has 122 valence electrons.